The van der Waals surface area contributed by atoms with E-state index in [0.29, 0.717) is 5.56 Å². The minimum atomic E-state index is -4.47. The summed E-state index contributed by atoms with van der Waals surface area (Å²) in [6.45, 7) is 0.518. The van der Waals surface area contributed by atoms with Crippen molar-refractivity contribution in [1.82, 2.24) is 4.31 Å². The zero-order valence-electron chi connectivity index (χ0n) is 15.5. The molecule has 0 atom stereocenters. The highest BCUT2D eigenvalue weighted by atomic mass is 32.2. The van der Waals surface area contributed by atoms with Gasteiger partial charge in [-0.2, -0.15) is 17.5 Å². The summed E-state index contributed by atoms with van der Waals surface area (Å²) in [5.74, 6) is -0.194. The number of alkyl halides is 3. The SMILES string of the molecule is O=[N+]([O-])c1cc(S(=O)(=O)N2CCOCC2)ccc1OCc1ccc(C(F)(F)F)cc1. The zero-order chi connectivity index (χ0) is 21.9. The Hall–Kier alpha value is -2.70. The van der Waals surface area contributed by atoms with Gasteiger partial charge < -0.3 is 9.47 Å². The van der Waals surface area contributed by atoms with Crippen LogP contribution in [0.25, 0.3) is 0 Å². The summed E-state index contributed by atoms with van der Waals surface area (Å²) < 4.78 is 74.9. The summed E-state index contributed by atoms with van der Waals surface area (Å²) in [5.41, 5.74) is -1.02. The van der Waals surface area contributed by atoms with Crippen LogP contribution in [0, 0.1) is 10.1 Å². The molecule has 0 saturated carbocycles. The smallest absolute Gasteiger partial charge is 0.416 e. The van der Waals surface area contributed by atoms with Crippen molar-refractivity contribution in [3.05, 3.63) is 63.7 Å². The lowest BCUT2D eigenvalue weighted by atomic mass is 10.1. The van der Waals surface area contributed by atoms with E-state index in [2.05, 4.69) is 0 Å². The fourth-order valence-corrected chi connectivity index (χ4v) is 4.24. The molecule has 12 heteroatoms. The minimum absolute atomic E-state index is 0.141. The highest BCUT2D eigenvalue weighted by molar-refractivity contribution is 7.89. The summed E-state index contributed by atoms with van der Waals surface area (Å²) in [6, 6.07) is 7.43. The van der Waals surface area contributed by atoms with Gasteiger partial charge in [-0.3, -0.25) is 10.1 Å². The van der Waals surface area contributed by atoms with Gasteiger partial charge in [0.2, 0.25) is 10.0 Å². The van der Waals surface area contributed by atoms with Gasteiger partial charge in [0.1, 0.15) is 6.61 Å². The van der Waals surface area contributed by atoms with Crippen LogP contribution in [0.5, 0.6) is 5.75 Å². The maximum absolute atomic E-state index is 12.7. The Balaban J connectivity index is 1.79. The molecule has 1 heterocycles. The predicted molar refractivity (Wildman–Crippen MR) is 98.5 cm³/mol. The lowest BCUT2D eigenvalue weighted by Gasteiger charge is -2.26. The second-order valence-corrected chi connectivity index (χ2v) is 8.32. The molecule has 0 N–H and O–H groups in total. The highest BCUT2D eigenvalue weighted by Gasteiger charge is 2.31. The quantitative estimate of drug-likeness (QED) is 0.499. The van der Waals surface area contributed by atoms with E-state index in [4.69, 9.17) is 9.47 Å². The van der Waals surface area contributed by atoms with Crippen molar-refractivity contribution in [2.75, 3.05) is 26.3 Å². The topological polar surface area (TPSA) is 99.0 Å². The Bertz CT molecular complexity index is 1020. The average molecular weight is 446 g/mol. The first-order valence-corrected chi connectivity index (χ1v) is 10.2. The second-order valence-electron chi connectivity index (χ2n) is 6.39. The zero-order valence-corrected chi connectivity index (χ0v) is 16.3. The lowest BCUT2D eigenvalue weighted by molar-refractivity contribution is -0.386. The monoisotopic (exact) mass is 446 g/mol. The number of nitro benzene ring substituents is 1. The number of nitro groups is 1. The largest absolute Gasteiger partial charge is 0.482 e. The molecule has 3 rings (SSSR count). The Labute approximate surface area is 170 Å². The van der Waals surface area contributed by atoms with Crippen LogP contribution in [0.1, 0.15) is 11.1 Å². The van der Waals surface area contributed by atoms with Gasteiger partial charge in [0, 0.05) is 19.2 Å². The number of hydrogen-bond donors (Lipinski definition) is 0. The van der Waals surface area contributed by atoms with Crippen LogP contribution in [-0.4, -0.2) is 43.9 Å². The van der Waals surface area contributed by atoms with Crippen molar-refractivity contribution in [2.24, 2.45) is 0 Å². The van der Waals surface area contributed by atoms with Gasteiger partial charge in [0.15, 0.2) is 5.75 Å². The Kier molecular flexibility index (Phi) is 6.29. The predicted octanol–water partition coefficient (Wildman–Crippen LogP) is 3.21. The van der Waals surface area contributed by atoms with Crippen molar-refractivity contribution in [3.8, 4) is 5.75 Å². The fourth-order valence-electron chi connectivity index (χ4n) is 2.81. The summed E-state index contributed by atoms with van der Waals surface area (Å²) in [7, 11) is -3.93. The van der Waals surface area contributed by atoms with Crippen LogP contribution < -0.4 is 4.74 Å². The maximum Gasteiger partial charge on any atom is 0.416 e. The van der Waals surface area contributed by atoms with Gasteiger partial charge in [-0.15, -0.1) is 0 Å². The Morgan fingerprint density at radius 2 is 1.73 bits per heavy atom. The molecule has 0 spiro atoms. The third-order valence-corrected chi connectivity index (χ3v) is 6.31. The summed E-state index contributed by atoms with van der Waals surface area (Å²) in [6.07, 6.45) is -4.47. The molecule has 2 aromatic rings. The molecule has 2 aromatic carbocycles. The van der Waals surface area contributed by atoms with Crippen molar-refractivity contribution in [1.29, 1.82) is 0 Å². The van der Waals surface area contributed by atoms with E-state index < -0.39 is 32.4 Å². The Morgan fingerprint density at radius 3 is 2.30 bits per heavy atom. The van der Waals surface area contributed by atoms with Crippen molar-refractivity contribution in [3.63, 3.8) is 0 Å². The molecule has 0 aliphatic carbocycles. The molecule has 0 bridgehead atoms. The van der Waals surface area contributed by atoms with E-state index in [0.717, 1.165) is 24.3 Å². The molecule has 1 saturated heterocycles. The molecule has 0 amide bonds. The van der Waals surface area contributed by atoms with E-state index in [-0.39, 0.29) is 43.6 Å². The molecule has 0 aromatic heterocycles. The van der Waals surface area contributed by atoms with E-state index in [9.17, 15) is 31.7 Å². The molecule has 30 heavy (non-hydrogen) atoms. The van der Waals surface area contributed by atoms with Crippen LogP contribution in [0.4, 0.5) is 18.9 Å². The third kappa shape index (κ3) is 4.89. The van der Waals surface area contributed by atoms with Gasteiger partial charge in [0.25, 0.3) is 0 Å². The van der Waals surface area contributed by atoms with Crippen LogP contribution >= 0.6 is 0 Å². The highest BCUT2D eigenvalue weighted by Crippen LogP contribution is 2.32. The van der Waals surface area contributed by atoms with Crippen LogP contribution in [0.3, 0.4) is 0 Å². The summed E-state index contributed by atoms with van der Waals surface area (Å²) in [4.78, 5) is 10.4. The number of hydrogen-bond acceptors (Lipinski definition) is 6. The van der Waals surface area contributed by atoms with Crippen molar-refractivity contribution < 1.29 is 36.0 Å². The fraction of sp³-hybridized carbons (Fsp3) is 0.333. The van der Waals surface area contributed by atoms with Crippen LogP contribution in [-0.2, 0) is 27.5 Å². The number of nitrogens with zero attached hydrogens (tertiary/aromatic N) is 2. The molecule has 0 unspecified atom stereocenters. The molecule has 162 valence electrons. The minimum Gasteiger partial charge on any atom is -0.482 e. The lowest BCUT2D eigenvalue weighted by Crippen LogP contribution is -2.40. The van der Waals surface area contributed by atoms with Gasteiger partial charge in [-0.05, 0) is 29.8 Å². The van der Waals surface area contributed by atoms with Gasteiger partial charge in [0.05, 0.1) is 28.6 Å². The Morgan fingerprint density at radius 1 is 1.10 bits per heavy atom. The molecule has 1 fully saturated rings. The van der Waals surface area contributed by atoms with E-state index in [1.807, 2.05) is 0 Å². The maximum atomic E-state index is 12.7. The van der Waals surface area contributed by atoms with Crippen molar-refractivity contribution in [2.45, 2.75) is 17.7 Å². The van der Waals surface area contributed by atoms with Crippen LogP contribution in [0.15, 0.2) is 47.4 Å². The normalized spacial score (nSPS) is 15.7. The third-order valence-electron chi connectivity index (χ3n) is 4.41. The van der Waals surface area contributed by atoms with Crippen LogP contribution in [0.2, 0.25) is 0 Å². The number of morpholine rings is 1. The number of sulfonamides is 1. The summed E-state index contributed by atoms with van der Waals surface area (Å²) in [5, 5.41) is 11.4. The molecule has 1 aliphatic heterocycles. The first-order chi connectivity index (χ1) is 14.1. The molecule has 0 radical (unpaired) electrons. The first-order valence-electron chi connectivity index (χ1n) is 8.74. The van der Waals surface area contributed by atoms with Gasteiger partial charge in [-0.1, -0.05) is 12.1 Å². The van der Waals surface area contributed by atoms with Gasteiger partial charge >= 0.3 is 11.9 Å². The van der Waals surface area contributed by atoms with E-state index in [1.54, 1.807) is 0 Å². The molecule has 8 nitrogen and oxygen atoms in total. The number of benzene rings is 2. The average Bonchev–Trinajstić information content (AvgIpc) is 2.72. The van der Waals surface area contributed by atoms with E-state index in [1.165, 1.54) is 22.5 Å². The first kappa shape index (κ1) is 22.0. The number of rotatable bonds is 6. The second kappa shape index (κ2) is 8.58. The van der Waals surface area contributed by atoms with E-state index >= 15 is 0 Å². The molecule has 1 aliphatic rings. The molecular formula is C18H17F3N2O6S. The number of halogens is 3. The number of ether oxygens (including phenoxy) is 2. The molecular weight excluding hydrogens is 429 g/mol. The standard InChI is InChI=1S/C18H17F3N2O6S/c19-18(20,21)14-3-1-13(2-4-14)12-29-17-6-5-15(11-16(17)23(24)25)30(26,27)22-7-9-28-10-8-22/h1-6,11H,7-10,12H2. The van der Waals surface area contributed by atoms with Gasteiger partial charge in [-0.25, -0.2) is 8.42 Å². The van der Waals surface area contributed by atoms with Crippen molar-refractivity contribution >= 4 is 15.7 Å². The summed E-state index contributed by atoms with van der Waals surface area (Å²) >= 11 is 0.